The Balaban J connectivity index is 1.30. The topological polar surface area (TPSA) is 48.0 Å². The molecule has 5 rings (SSSR count). The van der Waals surface area contributed by atoms with Crippen LogP contribution in [-0.2, 0) is 52.8 Å². The Kier molecular flexibility index (Phi) is 11.5. The molecule has 0 spiro atoms. The number of ether oxygens (including phenoxy) is 3. The molecule has 0 saturated heterocycles. The van der Waals surface area contributed by atoms with E-state index in [4.69, 9.17) is 14.2 Å². The van der Waals surface area contributed by atoms with Crippen molar-refractivity contribution in [3.63, 3.8) is 0 Å². The molecule has 0 heterocycles. The van der Waals surface area contributed by atoms with Crippen LogP contribution in [0.25, 0.3) is 0 Å². The average Bonchev–Trinajstić information content (AvgIpc) is 3.24. The molecule has 4 aromatic rings. The third-order valence-electron chi connectivity index (χ3n) is 9.02. The highest BCUT2D eigenvalue weighted by Gasteiger charge is 2.28. The maximum atomic E-state index is 12.1. The van der Waals surface area contributed by atoms with Crippen molar-refractivity contribution in [3.8, 4) is 5.75 Å². The highest BCUT2D eigenvalue weighted by molar-refractivity contribution is 5.75. The number of hydrogen-bond donors (Lipinski definition) is 0. The second-order valence-electron chi connectivity index (χ2n) is 11.9. The fourth-order valence-corrected chi connectivity index (χ4v) is 6.51. The molecule has 5 nitrogen and oxygen atoms in total. The van der Waals surface area contributed by atoms with E-state index in [9.17, 15) is 4.79 Å². The van der Waals surface area contributed by atoms with E-state index in [1.165, 1.54) is 46.1 Å². The molecule has 236 valence electrons. The molecule has 0 aliphatic heterocycles. The minimum atomic E-state index is -0.608. The number of fused-ring (bicyclic) bond motifs is 2. The molecule has 4 aromatic carbocycles. The van der Waals surface area contributed by atoms with Gasteiger partial charge in [-0.05, 0) is 103 Å². The van der Waals surface area contributed by atoms with Gasteiger partial charge in [0, 0.05) is 20.1 Å². The van der Waals surface area contributed by atoms with Gasteiger partial charge in [0.1, 0.15) is 12.4 Å². The number of hydrogen-bond acceptors (Lipinski definition) is 5. The molecule has 0 N–H and O–H groups in total. The number of esters is 1. The summed E-state index contributed by atoms with van der Waals surface area (Å²) in [6, 6.07) is 32.9. The highest BCUT2D eigenvalue weighted by Crippen LogP contribution is 2.38. The van der Waals surface area contributed by atoms with E-state index in [0.717, 1.165) is 50.0 Å². The van der Waals surface area contributed by atoms with Crippen molar-refractivity contribution in [2.45, 2.75) is 64.5 Å². The number of benzene rings is 4. The zero-order valence-electron chi connectivity index (χ0n) is 27.3. The Morgan fingerprint density at radius 3 is 2.36 bits per heavy atom. The Bertz CT molecular complexity index is 1530. The van der Waals surface area contributed by atoms with Crippen LogP contribution in [-0.4, -0.2) is 50.9 Å². The van der Waals surface area contributed by atoms with Gasteiger partial charge >= 0.3 is 5.97 Å². The van der Waals surface area contributed by atoms with Gasteiger partial charge in [-0.3, -0.25) is 4.90 Å². The fraction of sp³-hybridized carbons (Fsp3) is 0.375. The van der Waals surface area contributed by atoms with Crippen LogP contribution >= 0.6 is 0 Å². The summed E-state index contributed by atoms with van der Waals surface area (Å²) in [6.45, 7) is 5.73. The van der Waals surface area contributed by atoms with Gasteiger partial charge in [0.15, 0.2) is 6.10 Å². The van der Waals surface area contributed by atoms with E-state index in [1.54, 1.807) is 6.92 Å². The van der Waals surface area contributed by atoms with E-state index in [1.807, 2.05) is 24.3 Å². The van der Waals surface area contributed by atoms with Crippen LogP contribution in [0.3, 0.4) is 0 Å². The first-order chi connectivity index (χ1) is 22.0. The van der Waals surface area contributed by atoms with Crippen molar-refractivity contribution >= 4 is 5.97 Å². The fourth-order valence-electron chi connectivity index (χ4n) is 6.51. The van der Waals surface area contributed by atoms with Gasteiger partial charge in [-0.1, -0.05) is 85.8 Å². The average molecular weight is 606 g/mol. The van der Waals surface area contributed by atoms with E-state index < -0.39 is 6.10 Å². The summed E-state index contributed by atoms with van der Waals surface area (Å²) in [5, 5.41) is 0. The molecule has 2 atom stereocenters. The number of carbonyl (C=O) groups is 1. The van der Waals surface area contributed by atoms with Gasteiger partial charge in [-0.25, -0.2) is 4.79 Å². The molecule has 0 fully saturated rings. The first-order valence-corrected chi connectivity index (χ1v) is 16.4. The quantitative estimate of drug-likeness (QED) is 0.141. The second-order valence-corrected chi connectivity index (χ2v) is 11.9. The van der Waals surface area contributed by atoms with Crippen molar-refractivity contribution in [2.75, 3.05) is 33.9 Å². The van der Waals surface area contributed by atoms with Crippen molar-refractivity contribution in [2.24, 2.45) is 0 Å². The second kappa shape index (κ2) is 15.9. The normalized spacial score (nSPS) is 14.7. The summed E-state index contributed by atoms with van der Waals surface area (Å²) < 4.78 is 16.7. The monoisotopic (exact) mass is 605 g/mol. The molecule has 1 aliphatic rings. The number of nitrogens with zero attached hydrogens (tertiary/aromatic N) is 1. The van der Waals surface area contributed by atoms with Crippen LogP contribution in [0.2, 0.25) is 0 Å². The van der Waals surface area contributed by atoms with Gasteiger partial charge in [0.05, 0.1) is 12.6 Å². The lowest BCUT2D eigenvalue weighted by atomic mass is 9.89. The van der Waals surface area contributed by atoms with E-state index in [-0.39, 0.29) is 12.0 Å². The molecule has 2 unspecified atom stereocenters. The van der Waals surface area contributed by atoms with E-state index >= 15 is 0 Å². The Morgan fingerprint density at radius 2 is 1.62 bits per heavy atom. The summed E-state index contributed by atoms with van der Waals surface area (Å²) in [6.07, 6.45) is 5.12. The van der Waals surface area contributed by atoms with Crippen LogP contribution in [0.15, 0.2) is 91.0 Å². The summed E-state index contributed by atoms with van der Waals surface area (Å²) in [5.74, 6) is 0.481. The molecule has 5 heteroatoms. The van der Waals surface area contributed by atoms with Gasteiger partial charge in [-0.15, -0.1) is 0 Å². The van der Waals surface area contributed by atoms with Gasteiger partial charge < -0.3 is 14.2 Å². The van der Waals surface area contributed by atoms with Crippen molar-refractivity contribution < 1.29 is 19.0 Å². The first-order valence-electron chi connectivity index (χ1n) is 16.4. The van der Waals surface area contributed by atoms with E-state index in [2.05, 4.69) is 85.6 Å². The molecule has 45 heavy (non-hydrogen) atoms. The highest BCUT2D eigenvalue weighted by atomic mass is 16.6. The van der Waals surface area contributed by atoms with Gasteiger partial charge in [0.25, 0.3) is 0 Å². The summed E-state index contributed by atoms with van der Waals surface area (Å²) in [7, 11) is 3.76. The molecular formula is C40H47NO4. The summed E-state index contributed by atoms with van der Waals surface area (Å²) in [4.78, 5) is 14.6. The summed E-state index contributed by atoms with van der Waals surface area (Å²) in [5.41, 5.74) is 11.1. The zero-order chi connectivity index (χ0) is 31.6. The Labute approximate surface area is 269 Å². The van der Waals surface area contributed by atoms with Crippen LogP contribution < -0.4 is 4.74 Å². The summed E-state index contributed by atoms with van der Waals surface area (Å²) >= 11 is 0. The van der Waals surface area contributed by atoms with Crippen molar-refractivity contribution in [1.29, 1.82) is 0 Å². The standard InChI is InChI=1S/C40H47NO4/c1-5-29-18-23-36-33(27-29)20-24-35-32(19-15-30-11-8-7-9-12-30)13-10-14-37(35)39(36)41(3)25-26-45-34-21-16-31(17-22-34)28-38(43-4)40(42)44-6-2/h7-14,16-18,21-23,27,38-39H,5-6,15,19-20,24-26,28H2,1-4H3. The lowest BCUT2D eigenvalue weighted by molar-refractivity contribution is -0.154. The lowest BCUT2D eigenvalue weighted by Crippen LogP contribution is -2.30. The SMILES string of the molecule is CCOC(=O)C(Cc1ccc(OCCN(C)C2c3ccc(CC)cc3CCc3c(CCc4ccccc4)cccc32)cc1)OC. The van der Waals surface area contributed by atoms with E-state index in [0.29, 0.717) is 19.6 Å². The third-order valence-corrected chi connectivity index (χ3v) is 9.02. The molecule has 0 bridgehead atoms. The minimum Gasteiger partial charge on any atom is -0.492 e. The first kappa shape index (κ1) is 32.5. The van der Waals surface area contributed by atoms with Crippen LogP contribution in [0.5, 0.6) is 5.75 Å². The lowest BCUT2D eigenvalue weighted by Gasteiger charge is -2.31. The number of aryl methyl sites for hydroxylation is 4. The smallest absolute Gasteiger partial charge is 0.335 e. The largest absolute Gasteiger partial charge is 0.492 e. The Hall–Kier alpha value is -3.93. The van der Waals surface area contributed by atoms with Crippen LogP contribution in [0.4, 0.5) is 0 Å². The molecular weight excluding hydrogens is 558 g/mol. The predicted molar refractivity (Wildman–Crippen MR) is 181 cm³/mol. The van der Waals surface area contributed by atoms with Gasteiger partial charge in [-0.2, -0.15) is 0 Å². The van der Waals surface area contributed by atoms with Crippen molar-refractivity contribution in [3.05, 3.63) is 136 Å². The zero-order valence-corrected chi connectivity index (χ0v) is 27.3. The number of rotatable bonds is 14. The number of methoxy groups -OCH3 is 1. The predicted octanol–water partition coefficient (Wildman–Crippen LogP) is 7.35. The van der Waals surface area contributed by atoms with Crippen LogP contribution in [0.1, 0.15) is 64.4 Å². The molecule has 1 aliphatic carbocycles. The minimum absolute atomic E-state index is 0.167. The van der Waals surface area contributed by atoms with Gasteiger partial charge in [0.2, 0.25) is 0 Å². The Morgan fingerprint density at radius 1 is 0.844 bits per heavy atom. The van der Waals surface area contributed by atoms with Crippen molar-refractivity contribution in [1.82, 2.24) is 4.90 Å². The molecule has 0 saturated carbocycles. The number of likely N-dealkylation sites (N-methyl/N-ethyl adjacent to an activating group) is 1. The maximum absolute atomic E-state index is 12.1. The third kappa shape index (κ3) is 8.22. The molecule has 0 radical (unpaired) electrons. The molecule has 0 aromatic heterocycles. The maximum Gasteiger partial charge on any atom is 0.335 e. The molecule has 0 amide bonds. The number of carbonyl (C=O) groups excluding carboxylic acids is 1. The van der Waals surface area contributed by atoms with Crippen LogP contribution in [0, 0.1) is 0 Å².